The number of rotatable bonds is 3. The highest BCUT2D eigenvalue weighted by atomic mass is 19.3. The van der Waals surface area contributed by atoms with Gasteiger partial charge in [0.2, 0.25) is 0 Å². The fraction of sp³-hybridized carbons (Fsp3) is 0.609. The predicted molar refractivity (Wildman–Crippen MR) is 111 cm³/mol. The summed E-state index contributed by atoms with van der Waals surface area (Å²) in [5.41, 5.74) is 2.07. The van der Waals surface area contributed by atoms with Gasteiger partial charge in [0.15, 0.2) is 5.67 Å². The molecule has 2 heterocycles. The number of nitrogens with zero attached hydrogens (tertiary/aromatic N) is 3. The molecule has 2 fully saturated rings. The van der Waals surface area contributed by atoms with Crippen LogP contribution >= 0.6 is 0 Å². The highest BCUT2D eigenvalue weighted by molar-refractivity contribution is 5.75. The second-order valence-electron chi connectivity index (χ2n) is 8.34. The third-order valence-corrected chi connectivity index (χ3v) is 5.77. The van der Waals surface area contributed by atoms with Crippen LogP contribution in [0.5, 0.6) is 0 Å². The summed E-state index contributed by atoms with van der Waals surface area (Å²) in [6.45, 7) is 6.62. The molecule has 0 aromatic carbocycles. The monoisotopic (exact) mass is 421 g/mol. The van der Waals surface area contributed by atoms with Crippen molar-refractivity contribution in [3.05, 3.63) is 35.2 Å². The zero-order chi connectivity index (χ0) is 22.5. The first-order valence-corrected chi connectivity index (χ1v) is 10.5. The number of carbonyl (C=O) groups excluding carboxylic acids is 1. The molecule has 2 aromatic rings. The molecule has 1 unspecified atom stereocenters. The first-order valence-electron chi connectivity index (χ1n) is 10.5. The molecule has 0 spiro atoms. The average Bonchev–Trinajstić information content (AvgIpc) is 2.95. The Morgan fingerprint density at radius 3 is 2.30 bits per heavy atom. The Hall–Kier alpha value is -2.36. The van der Waals surface area contributed by atoms with Crippen molar-refractivity contribution < 1.29 is 18.0 Å². The van der Waals surface area contributed by atoms with Gasteiger partial charge in [-0.1, -0.05) is 13.3 Å². The van der Waals surface area contributed by atoms with Crippen molar-refractivity contribution in [2.75, 3.05) is 0 Å². The number of ketones is 1. The first-order chi connectivity index (χ1) is 14.0. The Morgan fingerprint density at radius 2 is 1.97 bits per heavy atom. The van der Waals surface area contributed by atoms with Crippen LogP contribution in [0.1, 0.15) is 88.5 Å². The molecule has 0 radical (unpaired) electrons. The summed E-state index contributed by atoms with van der Waals surface area (Å²) in [6, 6.07) is 5.95. The van der Waals surface area contributed by atoms with E-state index in [1.165, 1.54) is 24.8 Å². The van der Waals surface area contributed by atoms with Crippen molar-refractivity contribution in [1.29, 1.82) is 5.26 Å². The maximum Gasteiger partial charge on any atom is 0.281 e. The standard InChI is InChI=1S/C13H13N3.C5H7F3.C5H10O/c1-9-13(11-3-2-4-11)12-7-10(8-14)5-6-16(12)15-9;1-4(6)2-3-5(4,7)8;1-3-4-5(2)6/h5-7,11H,2-4H2,1H3;2-3H2,1H3;3-4H2,1-2H3. The number of nitriles is 1. The van der Waals surface area contributed by atoms with E-state index in [1.807, 2.05) is 29.8 Å². The summed E-state index contributed by atoms with van der Waals surface area (Å²) < 4.78 is 38.0. The lowest BCUT2D eigenvalue weighted by molar-refractivity contribution is -0.201. The maximum atomic E-state index is 12.2. The number of fused-ring (bicyclic) bond motifs is 1. The molecule has 0 saturated heterocycles. The zero-order valence-electron chi connectivity index (χ0n) is 18.1. The lowest BCUT2D eigenvalue weighted by atomic mass is 9.79. The maximum absolute atomic E-state index is 12.2. The molecule has 7 heteroatoms. The van der Waals surface area contributed by atoms with Gasteiger partial charge in [-0.3, -0.25) is 0 Å². The van der Waals surface area contributed by atoms with Crippen molar-refractivity contribution >= 4 is 11.3 Å². The van der Waals surface area contributed by atoms with Gasteiger partial charge in [-0.15, -0.1) is 0 Å². The van der Waals surface area contributed by atoms with Gasteiger partial charge in [-0.25, -0.2) is 17.7 Å². The van der Waals surface area contributed by atoms with Crippen LogP contribution in [0.15, 0.2) is 18.3 Å². The van der Waals surface area contributed by atoms with Gasteiger partial charge in [0.05, 0.1) is 22.8 Å². The van der Waals surface area contributed by atoms with Crippen LogP contribution in [-0.2, 0) is 4.79 Å². The molecule has 2 aromatic heterocycles. The van der Waals surface area contributed by atoms with Crippen LogP contribution in [0, 0.1) is 18.3 Å². The Balaban J connectivity index is 0.000000192. The summed E-state index contributed by atoms with van der Waals surface area (Å²) in [5.74, 6) is -2.10. The van der Waals surface area contributed by atoms with Gasteiger partial charge in [0, 0.05) is 24.6 Å². The van der Waals surface area contributed by atoms with E-state index < -0.39 is 11.6 Å². The van der Waals surface area contributed by atoms with Crippen molar-refractivity contribution in [2.45, 2.75) is 90.1 Å². The Bertz CT molecular complexity index is 910. The normalized spacial score (nSPS) is 21.8. The number of hydrogen-bond acceptors (Lipinski definition) is 3. The van der Waals surface area contributed by atoms with Gasteiger partial charge in [0.25, 0.3) is 5.92 Å². The third kappa shape index (κ3) is 5.41. The number of aryl methyl sites for hydroxylation is 1. The van der Waals surface area contributed by atoms with Crippen LogP contribution in [-0.4, -0.2) is 27.0 Å². The molecular weight excluding hydrogens is 391 g/mol. The smallest absolute Gasteiger partial charge is 0.281 e. The van der Waals surface area contributed by atoms with E-state index in [1.54, 1.807) is 6.92 Å². The molecule has 164 valence electrons. The number of halogens is 3. The van der Waals surface area contributed by atoms with E-state index in [0.29, 0.717) is 11.5 Å². The van der Waals surface area contributed by atoms with Crippen LogP contribution < -0.4 is 0 Å². The topological polar surface area (TPSA) is 58.2 Å². The van der Waals surface area contributed by atoms with E-state index in [9.17, 15) is 18.0 Å². The third-order valence-electron chi connectivity index (χ3n) is 5.77. The van der Waals surface area contributed by atoms with Crippen LogP contribution in [0.3, 0.4) is 0 Å². The quantitative estimate of drug-likeness (QED) is 0.584. The number of carbonyl (C=O) groups is 1. The summed E-state index contributed by atoms with van der Waals surface area (Å²) in [4.78, 5) is 10.0. The lowest BCUT2D eigenvalue weighted by Gasteiger charge is -2.39. The Kier molecular flexibility index (Phi) is 7.68. The molecule has 0 N–H and O–H groups in total. The van der Waals surface area contributed by atoms with E-state index in [-0.39, 0.29) is 18.6 Å². The molecule has 4 rings (SSSR count). The molecule has 0 aliphatic heterocycles. The SMILES string of the molecule is CC1(F)CCC1(F)F.CCCC(C)=O.Cc1nn2ccc(C#N)cc2c1C1CCC1. The van der Waals surface area contributed by atoms with Gasteiger partial charge >= 0.3 is 0 Å². The molecule has 2 aliphatic rings. The summed E-state index contributed by atoms with van der Waals surface area (Å²) >= 11 is 0. The second-order valence-corrected chi connectivity index (χ2v) is 8.34. The molecule has 4 nitrogen and oxygen atoms in total. The number of alkyl halides is 3. The predicted octanol–water partition coefficient (Wildman–Crippen LogP) is 6.30. The largest absolute Gasteiger partial charge is 0.300 e. The average molecular weight is 422 g/mol. The molecule has 0 amide bonds. The molecule has 30 heavy (non-hydrogen) atoms. The fourth-order valence-electron chi connectivity index (χ4n) is 3.46. The van der Waals surface area contributed by atoms with Crippen LogP contribution in [0.2, 0.25) is 0 Å². The minimum atomic E-state index is -3.05. The van der Waals surface area contributed by atoms with E-state index in [2.05, 4.69) is 18.1 Å². The number of pyridine rings is 1. The molecule has 0 bridgehead atoms. The Labute approximate surface area is 176 Å². The first kappa shape index (κ1) is 23.9. The Morgan fingerprint density at radius 1 is 1.33 bits per heavy atom. The van der Waals surface area contributed by atoms with Gasteiger partial charge in [-0.05, 0) is 64.5 Å². The van der Waals surface area contributed by atoms with Crippen molar-refractivity contribution in [3.63, 3.8) is 0 Å². The summed E-state index contributed by atoms with van der Waals surface area (Å²) in [5, 5.41) is 13.4. The number of aromatic nitrogens is 2. The lowest BCUT2D eigenvalue weighted by Crippen LogP contribution is -2.51. The zero-order valence-corrected chi connectivity index (χ0v) is 18.1. The van der Waals surface area contributed by atoms with Gasteiger partial charge in [-0.2, -0.15) is 10.4 Å². The second kappa shape index (κ2) is 9.63. The van der Waals surface area contributed by atoms with Crippen LogP contribution in [0.4, 0.5) is 13.2 Å². The van der Waals surface area contributed by atoms with E-state index >= 15 is 0 Å². The van der Waals surface area contributed by atoms with Crippen molar-refractivity contribution in [1.82, 2.24) is 9.61 Å². The van der Waals surface area contributed by atoms with Gasteiger partial charge in [0.1, 0.15) is 5.78 Å². The van der Waals surface area contributed by atoms with E-state index in [4.69, 9.17) is 5.26 Å². The molecule has 1 atom stereocenters. The van der Waals surface area contributed by atoms with Crippen molar-refractivity contribution in [3.8, 4) is 6.07 Å². The fourth-order valence-corrected chi connectivity index (χ4v) is 3.46. The highest BCUT2D eigenvalue weighted by Gasteiger charge is 2.59. The number of hydrogen-bond donors (Lipinski definition) is 0. The van der Waals surface area contributed by atoms with Crippen LogP contribution in [0.25, 0.3) is 5.52 Å². The summed E-state index contributed by atoms with van der Waals surface area (Å²) in [7, 11) is 0. The minimum Gasteiger partial charge on any atom is -0.300 e. The molecule has 2 saturated carbocycles. The number of Topliss-reactive ketones (excluding diaryl/α,β-unsaturated/α-hetero) is 1. The minimum absolute atomic E-state index is 0. The van der Waals surface area contributed by atoms with Crippen molar-refractivity contribution in [2.24, 2.45) is 0 Å². The molecule has 2 aliphatic carbocycles. The summed E-state index contributed by atoms with van der Waals surface area (Å²) in [6.07, 6.45) is 7.15. The van der Waals surface area contributed by atoms with E-state index in [0.717, 1.165) is 31.0 Å². The van der Waals surface area contributed by atoms with Gasteiger partial charge < -0.3 is 4.79 Å². The highest BCUT2D eigenvalue weighted by Crippen LogP contribution is 2.49. The molecular formula is C23H30F3N3O.